The number of aryl methyl sites for hydroxylation is 1. The SMILES string of the molecule is C[Si](C)(C)C#Cc1ncc2n1CCCC2. The Balaban J connectivity index is 2.29. The van der Waals surface area contributed by atoms with Crippen LogP contribution in [0.1, 0.15) is 24.4 Å². The molecule has 0 amide bonds. The maximum atomic E-state index is 4.41. The Kier molecular flexibility index (Phi) is 2.70. The van der Waals surface area contributed by atoms with Gasteiger partial charge in [0.25, 0.3) is 0 Å². The van der Waals surface area contributed by atoms with E-state index in [1.807, 2.05) is 6.20 Å². The second-order valence-electron chi connectivity index (χ2n) is 5.18. The van der Waals surface area contributed by atoms with Crippen LogP contribution >= 0.6 is 0 Å². The fraction of sp³-hybridized carbons (Fsp3) is 0.583. The van der Waals surface area contributed by atoms with Crippen LogP contribution < -0.4 is 0 Å². The van der Waals surface area contributed by atoms with Crippen molar-refractivity contribution < 1.29 is 0 Å². The van der Waals surface area contributed by atoms with Crippen molar-refractivity contribution >= 4 is 8.07 Å². The van der Waals surface area contributed by atoms with Gasteiger partial charge in [0, 0.05) is 18.4 Å². The first-order valence-corrected chi connectivity index (χ1v) is 9.14. The van der Waals surface area contributed by atoms with Crippen molar-refractivity contribution in [2.75, 3.05) is 0 Å². The fourth-order valence-corrected chi connectivity index (χ4v) is 2.27. The highest BCUT2D eigenvalue weighted by atomic mass is 28.3. The number of hydrogen-bond acceptors (Lipinski definition) is 1. The topological polar surface area (TPSA) is 17.8 Å². The van der Waals surface area contributed by atoms with Crippen LogP contribution in [0.25, 0.3) is 0 Å². The highest BCUT2D eigenvalue weighted by Crippen LogP contribution is 2.15. The summed E-state index contributed by atoms with van der Waals surface area (Å²) in [5.74, 6) is 4.24. The number of aromatic nitrogens is 2. The van der Waals surface area contributed by atoms with E-state index in [9.17, 15) is 0 Å². The number of fused-ring (bicyclic) bond motifs is 1. The predicted octanol–water partition coefficient (Wildman–Crippen LogP) is 2.45. The first-order valence-electron chi connectivity index (χ1n) is 5.64. The van der Waals surface area contributed by atoms with Gasteiger partial charge in [-0.25, -0.2) is 4.98 Å². The van der Waals surface area contributed by atoms with Crippen LogP contribution in [-0.2, 0) is 13.0 Å². The van der Waals surface area contributed by atoms with E-state index in [4.69, 9.17) is 0 Å². The van der Waals surface area contributed by atoms with E-state index in [0.29, 0.717) is 0 Å². The smallest absolute Gasteiger partial charge is 0.184 e. The quantitative estimate of drug-likeness (QED) is 0.483. The van der Waals surface area contributed by atoms with Crippen LogP contribution in [0.5, 0.6) is 0 Å². The molecule has 0 unspecified atom stereocenters. The molecule has 2 heterocycles. The predicted molar refractivity (Wildman–Crippen MR) is 65.4 cm³/mol. The maximum Gasteiger partial charge on any atom is 0.184 e. The molecule has 0 aromatic carbocycles. The standard InChI is InChI=1S/C12H18N2Si/c1-15(2,3)9-7-12-13-10-11-6-4-5-8-14(11)12/h10H,4-6,8H2,1-3H3. The summed E-state index contributed by atoms with van der Waals surface area (Å²) < 4.78 is 2.29. The van der Waals surface area contributed by atoms with Gasteiger partial charge >= 0.3 is 0 Å². The van der Waals surface area contributed by atoms with Gasteiger partial charge in [0.15, 0.2) is 5.82 Å². The van der Waals surface area contributed by atoms with Crippen molar-refractivity contribution in [1.82, 2.24) is 9.55 Å². The molecule has 0 saturated carbocycles. The molecule has 0 atom stereocenters. The Labute approximate surface area is 92.7 Å². The van der Waals surface area contributed by atoms with Crippen LogP contribution in [0.3, 0.4) is 0 Å². The second kappa shape index (κ2) is 3.86. The summed E-state index contributed by atoms with van der Waals surface area (Å²) >= 11 is 0. The zero-order valence-electron chi connectivity index (χ0n) is 9.80. The van der Waals surface area contributed by atoms with Crippen molar-refractivity contribution in [2.45, 2.75) is 45.4 Å². The molecular formula is C12H18N2Si. The lowest BCUT2D eigenvalue weighted by atomic mass is 10.1. The van der Waals surface area contributed by atoms with E-state index in [2.05, 4.69) is 40.7 Å². The molecule has 15 heavy (non-hydrogen) atoms. The molecule has 1 aromatic heterocycles. The van der Waals surface area contributed by atoms with Crippen LogP contribution in [-0.4, -0.2) is 17.6 Å². The number of hydrogen-bond donors (Lipinski definition) is 0. The average Bonchev–Trinajstić information content (AvgIpc) is 2.57. The molecule has 0 spiro atoms. The summed E-state index contributed by atoms with van der Waals surface area (Å²) in [5, 5.41) is 0. The van der Waals surface area contributed by atoms with Crippen molar-refractivity contribution in [3.05, 3.63) is 17.7 Å². The van der Waals surface area contributed by atoms with Gasteiger partial charge in [-0.2, -0.15) is 0 Å². The Bertz CT molecular complexity index is 415. The minimum atomic E-state index is -1.27. The maximum absolute atomic E-state index is 4.41. The van der Waals surface area contributed by atoms with Gasteiger partial charge in [0.05, 0.1) is 0 Å². The average molecular weight is 218 g/mol. The number of imidazole rings is 1. The Morgan fingerprint density at radius 1 is 1.33 bits per heavy atom. The summed E-state index contributed by atoms with van der Waals surface area (Å²) in [4.78, 5) is 4.41. The van der Waals surface area contributed by atoms with Crippen LogP contribution in [0, 0.1) is 11.5 Å². The molecule has 1 aliphatic rings. The van der Waals surface area contributed by atoms with E-state index in [1.165, 1.54) is 25.0 Å². The second-order valence-corrected chi connectivity index (χ2v) is 9.93. The molecule has 0 fully saturated rings. The molecule has 3 heteroatoms. The van der Waals surface area contributed by atoms with Gasteiger partial charge < -0.3 is 4.57 Å². The van der Waals surface area contributed by atoms with Crippen molar-refractivity contribution in [1.29, 1.82) is 0 Å². The summed E-state index contributed by atoms with van der Waals surface area (Å²) in [6.07, 6.45) is 5.73. The molecule has 2 rings (SSSR count). The molecule has 0 radical (unpaired) electrons. The highest BCUT2D eigenvalue weighted by molar-refractivity contribution is 6.83. The normalized spacial score (nSPS) is 15.4. The Hall–Kier alpha value is -1.01. The highest BCUT2D eigenvalue weighted by Gasteiger charge is 2.13. The Morgan fingerprint density at radius 3 is 2.87 bits per heavy atom. The molecule has 0 aliphatic carbocycles. The molecule has 1 aromatic rings. The van der Waals surface area contributed by atoms with E-state index in [1.54, 1.807) is 0 Å². The lowest BCUT2D eigenvalue weighted by Gasteiger charge is -2.14. The zero-order valence-corrected chi connectivity index (χ0v) is 10.8. The fourth-order valence-electron chi connectivity index (χ4n) is 1.78. The zero-order chi connectivity index (χ0) is 10.9. The largest absolute Gasteiger partial charge is 0.322 e. The van der Waals surface area contributed by atoms with E-state index in [-0.39, 0.29) is 0 Å². The molecule has 2 nitrogen and oxygen atoms in total. The van der Waals surface area contributed by atoms with E-state index in [0.717, 1.165) is 12.4 Å². The van der Waals surface area contributed by atoms with E-state index < -0.39 is 8.07 Å². The summed E-state index contributed by atoms with van der Waals surface area (Å²) in [7, 11) is -1.27. The Morgan fingerprint density at radius 2 is 2.13 bits per heavy atom. The first-order chi connectivity index (χ1) is 7.06. The number of nitrogens with zero attached hydrogens (tertiary/aromatic N) is 2. The lowest BCUT2D eigenvalue weighted by Crippen LogP contribution is -2.17. The summed E-state index contributed by atoms with van der Waals surface area (Å²) in [6, 6.07) is 0. The molecular weight excluding hydrogens is 200 g/mol. The monoisotopic (exact) mass is 218 g/mol. The van der Waals surface area contributed by atoms with Crippen molar-refractivity contribution in [3.8, 4) is 11.5 Å². The van der Waals surface area contributed by atoms with E-state index >= 15 is 0 Å². The molecule has 1 aliphatic heterocycles. The molecule has 0 saturated heterocycles. The van der Waals surface area contributed by atoms with Crippen molar-refractivity contribution in [3.63, 3.8) is 0 Å². The van der Waals surface area contributed by atoms with Gasteiger partial charge in [0.1, 0.15) is 8.07 Å². The van der Waals surface area contributed by atoms with Crippen molar-refractivity contribution in [2.24, 2.45) is 0 Å². The van der Waals surface area contributed by atoms with Gasteiger partial charge in [-0.1, -0.05) is 19.6 Å². The van der Waals surface area contributed by atoms with Gasteiger partial charge in [0.2, 0.25) is 0 Å². The molecule has 80 valence electrons. The van der Waals surface area contributed by atoms with Crippen LogP contribution in [0.2, 0.25) is 19.6 Å². The minimum Gasteiger partial charge on any atom is -0.322 e. The summed E-state index contributed by atoms with van der Waals surface area (Å²) in [6.45, 7) is 7.89. The van der Waals surface area contributed by atoms with Gasteiger partial charge in [-0.15, -0.1) is 5.54 Å². The van der Waals surface area contributed by atoms with Crippen LogP contribution in [0.15, 0.2) is 6.20 Å². The molecule has 0 bridgehead atoms. The molecule has 0 N–H and O–H groups in total. The number of rotatable bonds is 0. The summed E-state index contributed by atoms with van der Waals surface area (Å²) in [5.41, 5.74) is 4.74. The third-order valence-electron chi connectivity index (χ3n) is 2.55. The van der Waals surface area contributed by atoms with Gasteiger partial charge in [-0.05, 0) is 25.2 Å². The van der Waals surface area contributed by atoms with Gasteiger partial charge in [-0.3, -0.25) is 0 Å². The third-order valence-corrected chi connectivity index (χ3v) is 3.43. The van der Waals surface area contributed by atoms with Crippen LogP contribution in [0.4, 0.5) is 0 Å². The minimum absolute atomic E-state index is 0.979. The lowest BCUT2D eigenvalue weighted by molar-refractivity contribution is 0.528. The third kappa shape index (κ3) is 2.51. The first kappa shape index (κ1) is 10.5.